The number of aliphatic carboxylic acids is 1. The van der Waals surface area contributed by atoms with E-state index in [4.69, 9.17) is 0 Å². The largest absolute Gasteiger partial charge is 0.481 e. The number of carboxylic acids is 1. The zero-order valence-electron chi connectivity index (χ0n) is 14.7. The van der Waals surface area contributed by atoms with Crippen LogP contribution in [0.25, 0.3) is 0 Å². The molecule has 5 heteroatoms. The number of halogens is 1. The molecule has 0 saturated heterocycles. The molecule has 2 rings (SSSR count). The van der Waals surface area contributed by atoms with Crippen molar-refractivity contribution in [3.8, 4) is 0 Å². The summed E-state index contributed by atoms with van der Waals surface area (Å²) in [6.45, 7) is 3.45. The van der Waals surface area contributed by atoms with Crippen molar-refractivity contribution in [2.24, 2.45) is 11.8 Å². The standard InChI is InChI=1S/C21H21FO4/c1-3-13(2)19(23)18(21(25)26)17(14-7-5-4-6-8-14)20(24)15-9-11-16(22)12-10-15/h4-13,17-18H,3H2,1-2H3,(H,25,26). The molecule has 0 fully saturated rings. The molecule has 0 spiro atoms. The second-order valence-corrected chi connectivity index (χ2v) is 6.29. The number of carbonyl (C=O) groups excluding carboxylic acids is 2. The number of rotatable bonds is 8. The van der Waals surface area contributed by atoms with Crippen molar-refractivity contribution in [3.05, 3.63) is 71.5 Å². The zero-order valence-corrected chi connectivity index (χ0v) is 14.7. The topological polar surface area (TPSA) is 71.4 Å². The second-order valence-electron chi connectivity index (χ2n) is 6.29. The molecule has 0 radical (unpaired) electrons. The Labute approximate surface area is 151 Å². The van der Waals surface area contributed by atoms with E-state index >= 15 is 0 Å². The van der Waals surface area contributed by atoms with Crippen molar-refractivity contribution in [1.82, 2.24) is 0 Å². The van der Waals surface area contributed by atoms with E-state index in [-0.39, 0.29) is 5.56 Å². The Morgan fingerprint density at radius 2 is 1.58 bits per heavy atom. The maximum Gasteiger partial charge on any atom is 0.315 e. The molecule has 0 amide bonds. The van der Waals surface area contributed by atoms with Crippen LogP contribution in [0, 0.1) is 17.7 Å². The Morgan fingerprint density at radius 3 is 2.08 bits per heavy atom. The van der Waals surface area contributed by atoms with E-state index in [1.165, 1.54) is 12.1 Å². The minimum absolute atomic E-state index is 0.170. The molecule has 0 aliphatic carbocycles. The normalized spacial score (nSPS) is 14.3. The number of carbonyl (C=O) groups is 3. The second kappa shape index (κ2) is 8.52. The van der Waals surface area contributed by atoms with Crippen LogP contribution < -0.4 is 0 Å². The Balaban J connectivity index is 2.55. The lowest BCUT2D eigenvalue weighted by Gasteiger charge is -2.24. The lowest BCUT2D eigenvalue weighted by molar-refractivity contribution is -0.148. The first kappa shape index (κ1) is 19.5. The molecule has 136 valence electrons. The van der Waals surface area contributed by atoms with Crippen LogP contribution in [0.2, 0.25) is 0 Å². The molecule has 0 aliphatic rings. The Morgan fingerprint density at radius 1 is 1.00 bits per heavy atom. The zero-order chi connectivity index (χ0) is 19.3. The summed E-state index contributed by atoms with van der Waals surface area (Å²) in [4.78, 5) is 37.7. The van der Waals surface area contributed by atoms with E-state index in [9.17, 15) is 23.9 Å². The van der Waals surface area contributed by atoms with Crippen molar-refractivity contribution < 1.29 is 23.9 Å². The third-order valence-corrected chi connectivity index (χ3v) is 4.57. The summed E-state index contributed by atoms with van der Waals surface area (Å²) in [7, 11) is 0. The van der Waals surface area contributed by atoms with Gasteiger partial charge in [-0.3, -0.25) is 14.4 Å². The van der Waals surface area contributed by atoms with E-state index in [0.29, 0.717) is 12.0 Å². The van der Waals surface area contributed by atoms with E-state index in [2.05, 4.69) is 0 Å². The monoisotopic (exact) mass is 356 g/mol. The van der Waals surface area contributed by atoms with Gasteiger partial charge in [0, 0.05) is 11.5 Å². The van der Waals surface area contributed by atoms with E-state index in [1.807, 2.05) is 0 Å². The van der Waals surface area contributed by atoms with Gasteiger partial charge in [-0.15, -0.1) is 0 Å². The van der Waals surface area contributed by atoms with Gasteiger partial charge in [0.05, 0.1) is 5.92 Å². The predicted molar refractivity (Wildman–Crippen MR) is 95.5 cm³/mol. The van der Waals surface area contributed by atoms with Crippen LogP contribution in [-0.2, 0) is 9.59 Å². The minimum Gasteiger partial charge on any atom is -0.481 e. The fourth-order valence-electron chi connectivity index (χ4n) is 2.89. The van der Waals surface area contributed by atoms with Gasteiger partial charge in [0.1, 0.15) is 11.7 Å². The van der Waals surface area contributed by atoms with Gasteiger partial charge in [0.25, 0.3) is 0 Å². The van der Waals surface area contributed by atoms with Crippen molar-refractivity contribution in [1.29, 1.82) is 0 Å². The van der Waals surface area contributed by atoms with Crippen molar-refractivity contribution in [2.75, 3.05) is 0 Å². The van der Waals surface area contributed by atoms with Gasteiger partial charge < -0.3 is 5.11 Å². The minimum atomic E-state index is -1.50. The molecule has 2 aromatic carbocycles. The first-order chi connectivity index (χ1) is 12.4. The highest BCUT2D eigenvalue weighted by Gasteiger charge is 2.41. The van der Waals surface area contributed by atoms with Gasteiger partial charge in [-0.05, 0) is 36.2 Å². The van der Waals surface area contributed by atoms with E-state index < -0.39 is 41.1 Å². The van der Waals surface area contributed by atoms with E-state index in [1.54, 1.807) is 44.2 Å². The molecule has 0 aromatic heterocycles. The molecule has 0 saturated carbocycles. The van der Waals surface area contributed by atoms with Gasteiger partial charge in [-0.2, -0.15) is 0 Å². The SMILES string of the molecule is CCC(C)C(=O)C(C(=O)O)C(C(=O)c1ccc(F)cc1)c1ccccc1. The highest BCUT2D eigenvalue weighted by molar-refractivity contribution is 6.10. The molecule has 0 aliphatic heterocycles. The molecule has 1 N–H and O–H groups in total. The third kappa shape index (κ3) is 4.23. The van der Waals surface area contributed by atoms with Crippen LogP contribution in [0.3, 0.4) is 0 Å². The lowest BCUT2D eigenvalue weighted by atomic mass is 9.75. The fourth-order valence-corrected chi connectivity index (χ4v) is 2.89. The van der Waals surface area contributed by atoms with E-state index in [0.717, 1.165) is 12.1 Å². The van der Waals surface area contributed by atoms with Crippen molar-refractivity contribution in [2.45, 2.75) is 26.2 Å². The maximum atomic E-state index is 13.2. The number of hydrogen-bond donors (Lipinski definition) is 1. The van der Waals surface area contributed by atoms with Crippen LogP contribution in [0.15, 0.2) is 54.6 Å². The molecular weight excluding hydrogens is 335 g/mol. The van der Waals surface area contributed by atoms with Crippen LogP contribution >= 0.6 is 0 Å². The summed E-state index contributed by atoms with van der Waals surface area (Å²) in [5, 5.41) is 9.73. The molecule has 0 bridgehead atoms. The molecule has 0 heterocycles. The van der Waals surface area contributed by atoms with Gasteiger partial charge in [0.15, 0.2) is 11.6 Å². The number of carboxylic acid groups (broad SMARTS) is 1. The Hall–Kier alpha value is -2.82. The average Bonchev–Trinajstić information content (AvgIpc) is 2.65. The molecular formula is C21H21FO4. The van der Waals surface area contributed by atoms with Gasteiger partial charge >= 0.3 is 5.97 Å². The van der Waals surface area contributed by atoms with Crippen LogP contribution in [0.5, 0.6) is 0 Å². The molecule has 3 unspecified atom stereocenters. The maximum absolute atomic E-state index is 13.2. The summed E-state index contributed by atoms with van der Waals surface area (Å²) in [5.74, 6) is -5.97. The average molecular weight is 356 g/mol. The fraction of sp³-hybridized carbons (Fsp3) is 0.286. The summed E-state index contributed by atoms with van der Waals surface area (Å²) < 4.78 is 13.2. The highest BCUT2D eigenvalue weighted by Crippen LogP contribution is 2.32. The Kier molecular flexibility index (Phi) is 6.39. The first-order valence-corrected chi connectivity index (χ1v) is 8.48. The summed E-state index contributed by atoms with van der Waals surface area (Å²) in [5.41, 5.74) is 0.620. The van der Waals surface area contributed by atoms with Crippen molar-refractivity contribution in [3.63, 3.8) is 0 Å². The first-order valence-electron chi connectivity index (χ1n) is 8.48. The third-order valence-electron chi connectivity index (χ3n) is 4.57. The molecule has 4 nitrogen and oxygen atoms in total. The predicted octanol–water partition coefficient (Wildman–Crippen LogP) is 4.11. The van der Waals surface area contributed by atoms with Crippen LogP contribution in [0.4, 0.5) is 4.39 Å². The Bertz CT molecular complexity index is 783. The quantitative estimate of drug-likeness (QED) is 0.571. The van der Waals surface area contributed by atoms with Crippen LogP contribution in [-0.4, -0.2) is 22.6 Å². The number of benzene rings is 2. The lowest BCUT2D eigenvalue weighted by Crippen LogP contribution is -2.37. The summed E-state index contributed by atoms with van der Waals surface area (Å²) in [6.07, 6.45) is 0.481. The summed E-state index contributed by atoms with van der Waals surface area (Å²) in [6, 6.07) is 13.3. The molecule has 2 aromatic rings. The smallest absolute Gasteiger partial charge is 0.315 e. The molecule has 26 heavy (non-hydrogen) atoms. The van der Waals surface area contributed by atoms with Crippen molar-refractivity contribution >= 4 is 17.5 Å². The number of Topliss-reactive ketones (excluding diaryl/α,β-unsaturated/α-hetero) is 2. The van der Waals surface area contributed by atoms with Gasteiger partial charge in [-0.25, -0.2) is 4.39 Å². The van der Waals surface area contributed by atoms with Gasteiger partial charge in [-0.1, -0.05) is 44.2 Å². The van der Waals surface area contributed by atoms with Gasteiger partial charge in [0.2, 0.25) is 0 Å². The highest BCUT2D eigenvalue weighted by atomic mass is 19.1. The van der Waals surface area contributed by atoms with Crippen LogP contribution in [0.1, 0.15) is 42.1 Å². The number of hydrogen-bond acceptors (Lipinski definition) is 3. The number of ketones is 2. The summed E-state index contributed by atoms with van der Waals surface area (Å²) >= 11 is 0. The molecule has 3 atom stereocenters.